The average Bonchev–Trinajstić information content (AvgIpc) is 2.99. The summed E-state index contributed by atoms with van der Waals surface area (Å²) in [6.07, 6.45) is -2.59. The summed E-state index contributed by atoms with van der Waals surface area (Å²) in [7, 11) is 0. The molecule has 0 amide bonds. The molecule has 0 spiro atoms. The molecule has 1 aromatic carbocycles. The number of rotatable bonds is 1. The van der Waals surface area contributed by atoms with Gasteiger partial charge in [0.05, 0.1) is 5.56 Å². The van der Waals surface area contributed by atoms with Crippen molar-refractivity contribution in [2.75, 3.05) is 0 Å². The van der Waals surface area contributed by atoms with E-state index in [1.165, 1.54) is 12.1 Å². The molecule has 2 nitrogen and oxygen atoms in total. The molecule has 17 heavy (non-hydrogen) atoms. The molecule has 1 aliphatic rings. The van der Waals surface area contributed by atoms with E-state index in [0.717, 1.165) is 18.9 Å². The highest BCUT2D eigenvalue weighted by Gasteiger charge is 2.37. The van der Waals surface area contributed by atoms with E-state index in [1.54, 1.807) is 0 Å². The largest absolute Gasteiger partial charge is 0.483 e. The van der Waals surface area contributed by atoms with Crippen LogP contribution in [-0.4, -0.2) is 11.6 Å². The highest BCUT2D eigenvalue weighted by Crippen LogP contribution is 2.46. The molecule has 6 heteroatoms. The molecule has 0 unspecified atom stereocenters. The van der Waals surface area contributed by atoms with Crippen LogP contribution in [0.3, 0.4) is 0 Å². The van der Waals surface area contributed by atoms with Gasteiger partial charge in [-0.3, -0.25) is 4.79 Å². The predicted molar refractivity (Wildman–Crippen MR) is 57.1 cm³/mol. The Kier molecular flexibility index (Phi) is 4.40. The third-order valence-electron chi connectivity index (χ3n) is 2.34. The van der Waals surface area contributed by atoms with Gasteiger partial charge < -0.3 is 5.11 Å². The van der Waals surface area contributed by atoms with E-state index < -0.39 is 11.7 Å². The first-order chi connectivity index (χ1) is 7.90. The fourth-order valence-corrected chi connectivity index (χ4v) is 1.70. The molecule has 0 bridgehead atoms. The van der Waals surface area contributed by atoms with Crippen molar-refractivity contribution in [3.8, 4) is 0 Å². The highest BCUT2D eigenvalue weighted by molar-refractivity contribution is 6.30. The van der Waals surface area contributed by atoms with Gasteiger partial charge in [0.15, 0.2) is 0 Å². The number of alkyl halides is 3. The number of halogens is 4. The Hall–Kier alpha value is -1.23. The normalized spacial score (nSPS) is 14.8. The highest BCUT2D eigenvalue weighted by atomic mass is 35.5. The molecule has 0 radical (unpaired) electrons. The maximum Gasteiger partial charge on any atom is 0.416 e. The van der Waals surface area contributed by atoms with Gasteiger partial charge in [-0.2, -0.15) is 13.2 Å². The summed E-state index contributed by atoms with van der Waals surface area (Å²) in [4.78, 5) is 8.36. The summed E-state index contributed by atoms with van der Waals surface area (Å²) >= 11 is 5.67. The zero-order chi connectivity index (χ0) is 13.1. The summed E-state index contributed by atoms with van der Waals surface area (Å²) in [5, 5.41) is 7.26. The maximum absolute atomic E-state index is 12.5. The van der Waals surface area contributed by atoms with E-state index in [-0.39, 0.29) is 12.4 Å². The minimum Gasteiger partial charge on any atom is -0.483 e. The Bertz CT molecular complexity index is 400. The Labute approximate surface area is 101 Å². The summed E-state index contributed by atoms with van der Waals surface area (Å²) in [5.41, 5.74) is -0.186. The van der Waals surface area contributed by atoms with Crippen LogP contribution in [0.25, 0.3) is 0 Å². The molecule has 0 heterocycles. The smallest absolute Gasteiger partial charge is 0.416 e. The van der Waals surface area contributed by atoms with Gasteiger partial charge in [-0.05, 0) is 42.5 Å². The Morgan fingerprint density at radius 2 is 1.88 bits per heavy atom. The monoisotopic (exact) mass is 266 g/mol. The number of carbonyl (C=O) groups is 1. The number of carboxylic acid groups (broad SMARTS) is 1. The molecule has 0 saturated heterocycles. The average molecular weight is 267 g/mol. The predicted octanol–water partition coefficient (Wildman–Crippen LogP) is 3.94. The van der Waals surface area contributed by atoms with Crippen LogP contribution in [0.15, 0.2) is 18.2 Å². The molecule has 1 aliphatic carbocycles. The van der Waals surface area contributed by atoms with Crippen LogP contribution in [0, 0.1) is 0 Å². The standard InChI is InChI=1S/C10H8ClF3.CH2O2/c11-7-3-4-9(10(12,13)14)8(5-7)6-1-2-6;2-1-3/h3-6H,1-2H2;1H,(H,2,3). The lowest BCUT2D eigenvalue weighted by Gasteiger charge is -2.12. The minimum atomic E-state index is -4.26. The third-order valence-corrected chi connectivity index (χ3v) is 2.57. The van der Waals surface area contributed by atoms with Crippen molar-refractivity contribution in [1.82, 2.24) is 0 Å². The first-order valence-electron chi connectivity index (χ1n) is 4.84. The quantitative estimate of drug-likeness (QED) is 0.782. The van der Waals surface area contributed by atoms with Crippen molar-refractivity contribution in [3.63, 3.8) is 0 Å². The van der Waals surface area contributed by atoms with Crippen LogP contribution >= 0.6 is 11.6 Å². The van der Waals surface area contributed by atoms with E-state index in [2.05, 4.69) is 0 Å². The number of benzene rings is 1. The molecule has 1 saturated carbocycles. The summed E-state index contributed by atoms with van der Waals surface area (Å²) in [6.45, 7) is -0.250. The van der Waals surface area contributed by atoms with Gasteiger partial charge in [-0.1, -0.05) is 11.6 Å². The van der Waals surface area contributed by atoms with Crippen molar-refractivity contribution in [1.29, 1.82) is 0 Å². The maximum atomic E-state index is 12.5. The van der Waals surface area contributed by atoms with Crippen LogP contribution in [0.2, 0.25) is 5.02 Å². The van der Waals surface area contributed by atoms with E-state index in [4.69, 9.17) is 21.5 Å². The van der Waals surface area contributed by atoms with Gasteiger partial charge in [0, 0.05) is 5.02 Å². The van der Waals surface area contributed by atoms with Gasteiger partial charge in [-0.25, -0.2) is 0 Å². The molecule has 94 valence electrons. The van der Waals surface area contributed by atoms with Crippen molar-refractivity contribution < 1.29 is 23.1 Å². The van der Waals surface area contributed by atoms with Gasteiger partial charge in [0.25, 0.3) is 6.47 Å². The molecular weight excluding hydrogens is 257 g/mol. The van der Waals surface area contributed by atoms with Crippen molar-refractivity contribution >= 4 is 18.1 Å². The van der Waals surface area contributed by atoms with Crippen molar-refractivity contribution in [3.05, 3.63) is 34.3 Å². The molecule has 1 N–H and O–H groups in total. The Morgan fingerprint density at radius 1 is 1.35 bits per heavy atom. The fourth-order valence-electron chi connectivity index (χ4n) is 1.52. The van der Waals surface area contributed by atoms with Crippen LogP contribution < -0.4 is 0 Å². The van der Waals surface area contributed by atoms with E-state index in [0.29, 0.717) is 10.6 Å². The second kappa shape index (κ2) is 5.40. The Morgan fingerprint density at radius 3 is 2.29 bits per heavy atom. The van der Waals surface area contributed by atoms with E-state index in [9.17, 15) is 13.2 Å². The van der Waals surface area contributed by atoms with Gasteiger partial charge >= 0.3 is 6.18 Å². The van der Waals surface area contributed by atoms with Gasteiger partial charge in [0.1, 0.15) is 0 Å². The van der Waals surface area contributed by atoms with E-state index >= 15 is 0 Å². The minimum absolute atomic E-state index is 0.0605. The van der Waals surface area contributed by atoms with Gasteiger partial charge in [-0.15, -0.1) is 0 Å². The lowest BCUT2D eigenvalue weighted by molar-refractivity contribution is -0.138. The molecule has 0 atom stereocenters. The number of hydrogen-bond donors (Lipinski definition) is 1. The second-order valence-electron chi connectivity index (χ2n) is 3.61. The zero-order valence-corrected chi connectivity index (χ0v) is 9.42. The second-order valence-corrected chi connectivity index (χ2v) is 4.05. The van der Waals surface area contributed by atoms with Crippen molar-refractivity contribution in [2.45, 2.75) is 24.9 Å². The van der Waals surface area contributed by atoms with E-state index in [1.807, 2.05) is 0 Å². The van der Waals surface area contributed by atoms with Crippen LogP contribution in [0.4, 0.5) is 13.2 Å². The summed E-state index contributed by atoms with van der Waals surface area (Å²) in [6, 6.07) is 3.79. The SMILES string of the molecule is FC(F)(F)c1ccc(Cl)cc1C1CC1.O=CO. The lowest BCUT2D eigenvalue weighted by Crippen LogP contribution is -2.08. The number of hydrogen-bond acceptors (Lipinski definition) is 1. The first-order valence-corrected chi connectivity index (χ1v) is 5.22. The third kappa shape index (κ3) is 3.93. The summed E-state index contributed by atoms with van der Waals surface area (Å²) in [5.74, 6) is 0.0605. The molecule has 2 rings (SSSR count). The molecule has 0 aromatic heterocycles. The molecule has 1 aromatic rings. The zero-order valence-electron chi connectivity index (χ0n) is 8.67. The molecular formula is C11H10ClF3O2. The van der Waals surface area contributed by atoms with Crippen LogP contribution in [0.5, 0.6) is 0 Å². The topological polar surface area (TPSA) is 37.3 Å². The van der Waals surface area contributed by atoms with Crippen LogP contribution in [-0.2, 0) is 11.0 Å². The lowest BCUT2D eigenvalue weighted by atomic mass is 10.0. The fraction of sp³-hybridized carbons (Fsp3) is 0.364. The van der Waals surface area contributed by atoms with Crippen molar-refractivity contribution in [2.24, 2.45) is 0 Å². The molecule has 0 aliphatic heterocycles. The Balaban J connectivity index is 0.000000437. The molecule has 1 fully saturated rings. The van der Waals surface area contributed by atoms with Crippen LogP contribution in [0.1, 0.15) is 29.9 Å². The van der Waals surface area contributed by atoms with Gasteiger partial charge in [0.2, 0.25) is 0 Å². The summed E-state index contributed by atoms with van der Waals surface area (Å²) < 4.78 is 37.6. The first kappa shape index (κ1) is 13.8.